The zero-order chi connectivity index (χ0) is 44.2. The van der Waals surface area contributed by atoms with Crippen molar-refractivity contribution < 1.29 is 57.5 Å². The third-order valence-corrected chi connectivity index (χ3v) is 12.8. The molecule has 14 nitrogen and oxygen atoms in total. The van der Waals surface area contributed by atoms with Crippen molar-refractivity contribution in [1.29, 1.82) is 0 Å². The lowest BCUT2D eigenvalue weighted by Gasteiger charge is -2.50. The second kappa shape index (κ2) is 16.9. The first-order chi connectivity index (χ1) is 28.1. The molecular formula is C46H60N2O12. The van der Waals surface area contributed by atoms with Crippen LogP contribution in [-0.4, -0.2) is 95.4 Å². The number of allylic oxidation sites excluding steroid dienone is 4. The molecule has 60 heavy (non-hydrogen) atoms. The zero-order valence-electron chi connectivity index (χ0n) is 36.8. The first kappa shape index (κ1) is 44.8. The smallest absolute Gasteiger partial charge is 0.312 e. The molecule has 0 saturated carbocycles. The average Bonchev–Trinajstić information content (AvgIpc) is 3.45. The Hall–Kier alpha value is -4.79. The van der Waals surface area contributed by atoms with Crippen LogP contribution in [0.25, 0.3) is 0 Å². The molecule has 7 rings (SSSR count). The number of fused-ring (bicyclic) bond motifs is 10. The third-order valence-electron chi connectivity index (χ3n) is 12.8. The number of amides is 1. The molecule has 14 heteroatoms. The molecule has 6 aliphatic rings. The number of carbonyl (C=O) groups is 5. The van der Waals surface area contributed by atoms with Crippen LogP contribution in [-0.2, 0) is 33.3 Å². The largest absolute Gasteiger partial charge is 0.507 e. The number of phenolic OH excluding ortho intramolecular Hbond substituents is 1. The summed E-state index contributed by atoms with van der Waals surface area (Å²) in [4.78, 5) is 72.3. The van der Waals surface area contributed by atoms with Gasteiger partial charge in [-0.1, -0.05) is 52.8 Å². The van der Waals surface area contributed by atoms with E-state index in [4.69, 9.17) is 28.4 Å². The number of phenols is 1. The van der Waals surface area contributed by atoms with Crippen LogP contribution in [0.2, 0.25) is 0 Å². The van der Waals surface area contributed by atoms with Gasteiger partial charge in [0.2, 0.25) is 11.6 Å². The molecule has 9 atom stereocenters. The lowest BCUT2D eigenvalue weighted by molar-refractivity contribution is -0.336. The molecule has 2 saturated heterocycles. The van der Waals surface area contributed by atoms with Gasteiger partial charge in [-0.25, -0.2) is 0 Å². The summed E-state index contributed by atoms with van der Waals surface area (Å²) in [5.41, 5.74) is -0.926. The lowest BCUT2D eigenvalue weighted by atomic mass is 9.77. The fourth-order valence-corrected chi connectivity index (χ4v) is 9.30. The highest BCUT2D eigenvalue weighted by Crippen LogP contribution is 2.49. The van der Waals surface area contributed by atoms with E-state index in [-0.39, 0.29) is 63.3 Å². The van der Waals surface area contributed by atoms with E-state index in [1.807, 2.05) is 47.6 Å². The molecule has 1 aromatic rings. The average molecular weight is 833 g/mol. The van der Waals surface area contributed by atoms with Crippen LogP contribution in [0, 0.1) is 36.5 Å². The molecule has 1 amide bonds. The minimum atomic E-state index is -2.02. The molecule has 2 fully saturated rings. The van der Waals surface area contributed by atoms with Gasteiger partial charge in [-0.2, -0.15) is 0 Å². The number of ketones is 3. The van der Waals surface area contributed by atoms with Crippen molar-refractivity contribution in [3.05, 3.63) is 69.8 Å². The predicted molar refractivity (Wildman–Crippen MR) is 220 cm³/mol. The van der Waals surface area contributed by atoms with Crippen molar-refractivity contribution >= 4 is 29.2 Å². The number of benzene rings is 1. The van der Waals surface area contributed by atoms with Crippen molar-refractivity contribution in [1.82, 2.24) is 10.2 Å². The summed E-state index contributed by atoms with van der Waals surface area (Å²) in [6, 6.07) is 0. The van der Waals surface area contributed by atoms with Gasteiger partial charge >= 0.3 is 11.8 Å². The predicted octanol–water partition coefficient (Wildman–Crippen LogP) is 6.49. The van der Waals surface area contributed by atoms with Gasteiger partial charge in [0.1, 0.15) is 29.0 Å². The SMILES string of the molecule is CO[C@H]1C=CO[C@@]2(C)Oc3c(C)c(O)c4c(c3C2=O)C(=O)C(N2CCC(C)CC2)=C(NC(=O)C(C)=CC=C[C@H](C)[C@@H]2OC(C)(C)O[C@H]([C@H](C)[C@H](OC(C)=O)[C@@H]1C)[C@@H]2C)C4=O. The number of piperidine rings is 1. The summed E-state index contributed by atoms with van der Waals surface area (Å²) in [5, 5.41) is 14.3. The molecular weight excluding hydrogens is 773 g/mol. The van der Waals surface area contributed by atoms with Gasteiger partial charge < -0.3 is 43.7 Å². The molecule has 7 bridgehead atoms. The molecule has 326 valence electrons. The van der Waals surface area contributed by atoms with Crippen molar-refractivity contribution in [3.8, 4) is 11.5 Å². The Kier molecular flexibility index (Phi) is 12.6. The Labute approximate surface area is 352 Å². The van der Waals surface area contributed by atoms with Gasteiger partial charge in [0.05, 0.1) is 41.3 Å². The topological polar surface area (TPSA) is 176 Å². The minimum absolute atomic E-state index is 0.0479. The van der Waals surface area contributed by atoms with Gasteiger partial charge in [-0.15, -0.1) is 0 Å². The maximum Gasteiger partial charge on any atom is 0.312 e. The third kappa shape index (κ3) is 8.17. The number of aromatic hydroxyl groups is 1. The molecule has 1 aliphatic carbocycles. The van der Waals surface area contributed by atoms with Crippen molar-refractivity contribution in [2.24, 2.45) is 29.6 Å². The minimum Gasteiger partial charge on any atom is -0.507 e. The van der Waals surface area contributed by atoms with Crippen molar-refractivity contribution in [2.45, 2.75) is 125 Å². The highest BCUT2D eigenvalue weighted by atomic mass is 16.7. The number of ether oxygens (including phenoxy) is 6. The van der Waals surface area contributed by atoms with E-state index in [0.717, 1.165) is 12.8 Å². The Balaban J connectivity index is 1.50. The summed E-state index contributed by atoms with van der Waals surface area (Å²) in [5.74, 6) is -7.83. The van der Waals surface area contributed by atoms with Gasteiger partial charge in [0.25, 0.3) is 11.7 Å². The number of nitrogens with one attached hydrogen (secondary N) is 1. The van der Waals surface area contributed by atoms with Gasteiger partial charge in [-0.05, 0) is 52.5 Å². The van der Waals surface area contributed by atoms with E-state index in [0.29, 0.717) is 19.0 Å². The molecule has 0 unspecified atom stereocenters. The summed E-state index contributed by atoms with van der Waals surface area (Å²) < 4.78 is 37.2. The van der Waals surface area contributed by atoms with Crippen LogP contribution in [0.1, 0.15) is 119 Å². The monoisotopic (exact) mass is 832 g/mol. The molecule has 1 aromatic carbocycles. The first-order valence-corrected chi connectivity index (χ1v) is 20.9. The fraction of sp³-hybridized carbons (Fsp3) is 0.587. The molecule has 0 radical (unpaired) electrons. The maximum absolute atomic E-state index is 14.9. The Bertz CT molecular complexity index is 2070. The first-order valence-electron chi connectivity index (χ1n) is 20.9. The Morgan fingerprint density at radius 3 is 2.17 bits per heavy atom. The summed E-state index contributed by atoms with van der Waals surface area (Å²) in [6.07, 6.45) is 7.42. The number of carbonyl (C=O) groups excluding carboxylic acids is 5. The number of likely N-dealkylation sites (tertiary alicyclic amines) is 1. The number of rotatable bonds is 3. The second-order valence-electron chi connectivity index (χ2n) is 17.8. The quantitative estimate of drug-likeness (QED) is 0.317. The van der Waals surface area contributed by atoms with Crippen LogP contribution in [0.15, 0.2) is 47.5 Å². The van der Waals surface area contributed by atoms with Gasteiger partial charge in [0, 0.05) is 68.9 Å². The number of Topliss-reactive ketones (excluding diaryl/α,β-unsaturated/α-hetero) is 3. The summed E-state index contributed by atoms with van der Waals surface area (Å²) >= 11 is 0. The van der Waals surface area contributed by atoms with Crippen molar-refractivity contribution in [2.75, 3.05) is 20.2 Å². The number of hydrogen-bond donors (Lipinski definition) is 2. The van der Waals surface area contributed by atoms with E-state index in [2.05, 4.69) is 12.2 Å². The molecule has 5 aliphatic heterocycles. The van der Waals surface area contributed by atoms with Crippen LogP contribution < -0.4 is 10.1 Å². The van der Waals surface area contributed by atoms with Gasteiger partial charge in [-0.3, -0.25) is 24.0 Å². The number of nitrogens with zero attached hydrogens (tertiary/aromatic N) is 1. The van der Waals surface area contributed by atoms with E-state index in [9.17, 15) is 29.1 Å². The van der Waals surface area contributed by atoms with Gasteiger partial charge in [0.15, 0.2) is 5.79 Å². The standard InChI is InChI=1S/C46H60N2O12/c1-22-16-19-48(20-17-22)35-34-37(51)32-31(38(35)52)33-42(26(5)36(32)50)60-46(11,43(33)53)56-21-18-30(55-12)25(4)40(57-29(8)49)28(7)41-27(6)39(58-45(9,10)59-41)23(2)14-13-15-24(3)44(54)47-34/h13-15,18,21-23,25,27-28,30,39-41,50H,16-17,19-20H2,1-12H3,(H,47,54)/t23-,25+,27+,28+,30-,39-,40+,41-,46-/m0/s1. The lowest BCUT2D eigenvalue weighted by Crippen LogP contribution is -2.56. The van der Waals surface area contributed by atoms with Crippen LogP contribution in [0.5, 0.6) is 11.5 Å². The molecule has 0 aromatic heterocycles. The Morgan fingerprint density at radius 1 is 0.883 bits per heavy atom. The molecule has 2 N–H and O–H groups in total. The van der Waals surface area contributed by atoms with E-state index < -0.39 is 76.3 Å². The summed E-state index contributed by atoms with van der Waals surface area (Å²) in [7, 11) is 1.51. The zero-order valence-corrected chi connectivity index (χ0v) is 36.8. The van der Waals surface area contributed by atoms with Crippen LogP contribution >= 0.6 is 0 Å². The van der Waals surface area contributed by atoms with E-state index in [1.165, 1.54) is 34.1 Å². The summed E-state index contributed by atoms with van der Waals surface area (Å²) in [6.45, 7) is 20.3. The van der Waals surface area contributed by atoms with Crippen molar-refractivity contribution in [3.63, 3.8) is 0 Å². The maximum atomic E-state index is 14.9. The van der Waals surface area contributed by atoms with Crippen LogP contribution in [0.4, 0.5) is 0 Å². The number of hydrogen-bond acceptors (Lipinski definition) is 13. The van der Waals surface area contributed by atoms with E-state index >= 15 is 0 Å². The Morgan fingerprint density at radius 2 is 1.53 bits per heavy atom. The second-order valence-corrected chi connectivity index (χ2v) is 17.8. The molecule has 5 heterocycles. The normalized spacial score (nSPS) is 32.7. The fourth-order valence-electron chi connectivity index (χ4n) is 9.30. The van der Waals surface area contributed by atoms with Crippen LogP contribution in [0.3, 0.4) is 0 Å². The number of methoxy groups -OCH3 is 1. The highest BCUT2D eigenvalue weighted by molar-refractivity contribution is 6.32. The highest BCUT2D eigenvalue weighted by Gasteiger charge is 2.54. The molecule has 0 spiro atoms. The van der Waals surface area contributed by atoms with E-state index in [1.54, 1.807) is 30.1 Å². The number of esters is 1.